The van der Waals surface area contributed by atoms with Crippen LogP contribution in [-0.2, 0) is 11.4 Å². The number of rotatable bonds is 6. The van der Waals surface area contributed by atoms with Crippen molar-refractivity contribution in [2.45, 2.75) is 43.2 Å². The summed E-state index contributed by atoms with van der Waals surface area (Å²) in [7, 11) is 0. The average Bonchev–Trinajstić information content (AvgIpc) is 3.20. The zero-order valence-electron chi connectivity index (χ0n) is 17.3. The molecule has 1 aliphatic rings. The minimum absolute atomic E-state index is 0.377. The monoisotopic (exact) mass is 429 g/mol. The number of pyridine rings is 1. The van der Waals surface area contributed by atoms with Gasteiger partial charge in [-0.25, -0.2) is 4.98 Å². The van der Waals surface area contributed by atoms with E-state index >= 15 is 0 Å². The number of aromatic nitrogens is 3. The van der Waals surface area contributed by atoms with E-state index in [0.29, 0.717) is 18.1 Å². The maximum absolute atomic E-state index is 10.5. The maximum atomic E-state index is 10.5. The van der Waals surface area contributed by atoms with E-state index in [4.69, 9.17) is 9.72 Å². The number of nitrogens with zero attached hydrogens (tertiary/aromatic N) is 3. The van der Waals surface area contributed by atoms with Gasteiger partial charge in [-0.3, -0.25) is 14.3 Å². The normalized spacial score (nSPS) is 15.2. The highest BCUT2D eigenvalue weighted by Gasteiger charge is 2.18. The minimum Gasteiger partial charge on any atom is -0.487 e. The quantitative estimate of drug-likeness (QED) is 0.317. The average molecular weight is 430 g/mol. The highest BCUT2D eigenvalue weighted by atomic mass is 32.2. The van der Waals surface area contributed by atoms with Gasteiger partial charge >= 0.3 is 0 Å². The van der Waals surface area contributed by atoms with Crippen molar-refractivity contribution in [1.29, 1.82) is 0 Å². The van der Waals surface area contributed by atoms with Gasteiger partial charge in [0.1, 0.15) is 12.4 Å². The fourth-order valence-electron chi connectivity index (χ4n) is 3.46. The van der Waals surface area contributed by atoms with Crippen LogP contribution in [0.25, 0.3) is 5.69 Å². The lowest BCUT2D eigenvalue weighted by atomic mass is 10.1. The molecule has 0 aliphatic heterocycles. The maximum Gasteiger partial charge on any atom is 0.193 e. The van der Waals surface area contributed by atoms with E-state index in [1.165, 1.54) is 6.42 Å². The molecule has 0 amide bonds. The molecule has 1 atom stereocenters. The van der Waals surface area contributed by atoms with Gasteiger partial charge in [-0.2, -0.15) is 0 Å². The lowest BCUT2D eigenvalue weighted by molar-refractivity contribution is -0.103. The number of carbonyl (C=O) groups excluding carboxylic acids is 1. The van der Waals surface area contributed by atoms with E-state index in [2.05, 4.69) is 33.5 Å². The van der Waals surface area contributed by atoms with E-state index < -0.39 is 0 Å². The van der Waals surface area contributed by atoms with Crippen LogP contribution in [-0.4, -0.2) is 26.1 Å². The molecule has 31 heavy (non-hydrogen) atoms. The Morgan fingerprint density at radius 1 is 1.32 bits per heavy atom. The molecule has 2 heterocycles. The van der Waals surface area contributed by atoms with E-state index in [9.17, 15) is 4.79 Å². The number of aryl methyl sites for hydroxylation is 1. The van der Waals surface area contributed by atoms with Gasteiger partial charge in [-0.05, 0) is 68.0 Å². The summed E-state index contributed by atoms with van der Waals surface area (Å²) in [6.07, 6.45) is 14.2. The van der Waals surface area contributed by atoms with Crippen LogP contribution in [0.1, 0.15) is 36.1 Å². The van der Waals surface area contributed by atoms with E-state index in [1.54, 1.807) is 18.0 Å². The molecule has 0 fully saturated rings. The van der Waals surface area contributed by atoms with Crippen LogP contribution < -0.4 is 4.74 Å². The third-order valence-electron chi connectivity index (χ3n) is 5.02. The van der Waals surface area contributed by atoms with Gasteiger partial charge in [-0.1, -0.05) is 29.8 Å². The topological polar surface area (TPSA) is 57.0 Å². The first-order valence-electron chi connectivity index (χ1n) is 10.2. The lowest BCUT2D eigenvalue weighted by Gasteiger charge is -2.17. The highest BCUT2D eigenvalue weighted by molar-refractivity contribution is 7.99. The van der Waals surface area contributed by atoms with E-state index in [1.807, 2.05) is 49.6 Å². The van der Waals surface area contributed by atoms with Crippen LogP contribution in [0.4, 0.5) is 0 Å². The van der Waals surface area contributed by atoms with Crippen LogP contribution in [0, 0.1) is 18.8 Å². The zero-order valence-corrected chi connectivity index (χ0v) is 18.1. The van der Waals surface area contributed by atoms with Crippen molar-refractivity contribution >= 4 is 18.0 Å². The number of ether oxygens (including phenoxy) is 1. The summed E-state index contributed by atoms with van der Waals surface area (Å²) in [4.78, 5) is 19.5. The summed E-state index contributed by atoms with van der Waals surface area (Å²) < 4.78 is 8.20. The molecule has 0 N–H and O–H groups in total. The Bertz CT molecular complexity index is 1140. The van der Waals surface area contributed by atoms with Gasteiger partial charge in [0.05, 0.1) is 23.8 Å². The molecule has 1 aromatic carbocycles. The first kappa shape index (κ1) is 21.0. The summed E-state index contributed by atoms with van der Waals surface area (Å²) in [5.41, 5.74) is 3.71. The number of carbonyl (C=O) groups is 1. The van der Waals surface area contributed by atoms with Crippen molar-refractivity contribution in [1.82, 2.24) is 14.5 Å². The largest absolute Gasteiger partial charge is 0.487 e. The number of hydrogen-bond acceptors (Lipinski definition) is 5. The Balaban J connectivity index is 1.56. The Morgan fingerprint density at radius 3 is 3.00 bits per heavy atom. The number of allylic oxidation sites excluding steroid dienone is 1. The Hall–Kier alpha value is -3.30. The summed E-state index contributed by atoms with van der Waals surface area (Å²) >= 11 is 1.78. The summed E-state index contributed by atoms with van der Waals surface area (Å²) in [5, 5.41) is 1.38. The minimum atomic E-state index is 0.377. The predicted molar refractivity (Wildman–Crippen MR) is 122 cm³/mol. The predicted octanol–water partition coefficient (Wildman–Crippen LogP) is 4.91. The van der Waals surface area contributed by atoms with Gasteiger partial charge in [0, 0.05) is 17.0 Å². The fourth-order valence-corrected chi connectivity index (χ4v) is 4.65. The van der Waals surface area contributed by atoms with E-state index in [-0.39, 0.29) is 0 Å². The molecule has 1 aliphatic carbocycles. The number of hydrogen-bond donors (Lipinski definition) is 0. The molecule has 6 heteroatoms. The molecular formula is C25H23N3O2S. The van der Waals surface area contributed by atoms with Gasteiger partial charge in [0.25, 0.3) is 0 Å². The van der Waals surface area contributed by atoms with Gasteiger partial charge in [0.15, 0.2) is 11.4 Å². The molecule has 2 aromatic heterocycles. The third-order valence-corrected chi connectivity index (χ3v) is 6.22. The van der Waals surface area contributed by atoms with Gasteiger partial charge < -0.3 is 4.74 Å². The van der Waals surface area contributed by atoms with Crippen LogP contribution in [0.5, 0.6) is 5.75 Å². The molecule has 0 bridgehead atoms. The number of imidazole rings is 1. The highest BCUT2D eigenvalue weighted by Crippen LogP contribution is 2.32. The lowest BCUT2D eigenvalue weighted by Crippen LogP contribution is -2.08. The summed E-state index contributed by atoms with van der Waals surface area (Å²) in [6.45, 7) is 2.33. The second kappa shape index (κ2) is 10.1. The van der Waals surface area contributed by atoms with E-state index in [0.717, 1.165) is 46.3 Å². The Labute approximate surface area is 186 Å². The molecule has 0 saturated heterocycles. The summed E-state index contributed by atoms with van der Waals surface area (Å²) in [5.74, 6) is 6.03. The van der Waals surface area contributed by atoms with Crippen molar-refractivity contribution in [2.75, 3.05) is 0 Å². The van der Waals surface area contributed by atoms with Gasteiger partial charge in [0.2, 0.25) is 0 Å². The smallest absolute Gasteiger partial charge is 0.193 e. The van der Waals surface area contributed by atoms with Crippen molar-refractivity contribution < 1.29 is 9.53 Å². The van der Waals surface area contributed by atoms with Crippen LogP contribution in [0.3, 0.4) is 0 Å². The fraction of sp³-hybridized carbons (Fsp3) is 0.240. The second-order valence-corrected chi connectivity index (χ2v) is 8.45. The van der Waals surface area contributed by atoms with Crippen molar-refractivity contribution in [2.24, 2.45) is 0 Å². The molecule has 0 radical (unpaired) electrons. The van der Waals surface area contributed by atoms with Crippen molar-refractivity contribution in [3.05, 3.63) is 77.9 Å². The van der Waals surface area contributed by atoms with Crippen molar-refractivity contribution in [3.8, 4) is 23.3 Å². The molecule has 4 rings (SSSR count). The molecule has 156 valence electrons. The van der Waals surface area contributed by atoms with Crippen LogP contribution >= 0.6 is 11.8 Å². The number of benzene rings is 1. The molecular weight excluding hydrogens is 406 g/mol. The molecule has 1 unspecified atom stereocenters. The molecule has 5 nitrogen and oxygen atoms in total. The second-order valence-electron chi connectivity index (χ2n) is 7.25. The van der Waals surface area contributed by atoms with Crippen LogP contribution in [0.15, 0.2) is 66.2 Å². The Kier molecular flexibility index (Phi) is 6.85. The first-order valence-corrected chi connectivity index (χ1v) is 11.1. The third kappa shape index (κ3) is 5.25. The Morgan fingerprint density at radius 2 is 2.26 bits per heavy atom. The van der Waals surface area contributed by atoms with Crippen molar-refractivity contribution in [3.63, 3.8) is 0 Å². The van der Waals surface area contributed by atoms with Gasteiger partial charge in [-0.15, -0.1) is 0 Å². The zero-order chi connectivity index (χ0) is 21.5. The molecule has 3 aromatic rings. The molecule has 0 saturated carbocycles. The SMILES string of the molecule is Cc1cc(OCc2cnc(SC3C=CCCC3)n2-c2cccnc2)ccc1C#CC=O. The first-order chi connectivity index (χ1) is 15.2. The summed E-state index contributed by atoms with van der Waals surface area (Å²) in [6, 6.07) is 9.63. The standard InChI is InChI=1S/C25H23N3O2S/c1-19-15-23(12-11-20(19)7-6-14-29)30-18-22-17-27-25(31-24-9-3-2-4-10-24)28(22)21-8-5-13-26-16-21/h3,5,8-9,11-17,24H,2,4,10,18H2,1H3. The number of thioether (sulfide) groups is 1. The van der Waals surface area contributed by atoms with Crippen LogP contribution in [0.2, 0.25) is 0 Å². The molecule has 0 spiro atoms. The number of aldehydes is 1.